The molecule has 1 aliphatic rings. The maximum absolute atomic E-state index is 12.5. The third-order valence-electron chi connectivity index (χ3n) is 4.88. The van der Waals surface area contributed by atoms with Crippen molar-refractivity contribution in [3.05, 3.63) is 65.7 Å². The predicted octanol–water partition coefficient (Wildman–Crippen LogP) is -0.190. The lowest BCUT2D eigenvalue weighted by molar-refractivity contribution is -0.674. The summed E-state index contributed by atoms with van der Waals surface area (Å²) in [4.78, 5) is 26.2. The lowest BCUT2D eigenvalue weighted by Crippen LogP contribution is -2.92. The van der Waals surface area contributed by atoms with E-state index in [9.17, 15) is 18.0 Å². The number of nitrogens with two attached hydrogens (primary N) is 2. The quantitative estimate of drug-likeness (QED) is 0.596. The van der Waals surface area contributed by atoms with Crippen LogP contribution < -0.4 is 10.5 Å². The Balaban J connectivity index is 1.48. The average Bonchev–Trinajstić information content (AvgIpc) is 2.94. The highest BCUT2D eigenvalue weighted by Gasteiger charge is 2.40. The topological polar surface area (TPSA) is 114 Å². The molecular formula is C20H24N3O4S+. The van der Waals surface area contributed by atoms with E-state index in [4.69, 9.17) is 5.14 Å². The highest BCUT2D eigenvalue weighted by molar-refractivity contribution is 7.89. The van der Waals surface area contributed by atoms with Gasteiger partial charge in [0.25, 0.3) is 5.91 Å². The van der Waals surface area contributed by atoms with Gasteiger partial charge in [-0.1, -0.05) is 42.5 Å². The van der Waals surface area contributed by atoms with Crippen molar-refractivity contribution in [3.8, 4) is 0 Å². The van der Waals surface area contributed by atoms with Crippen LogP contribution in [0.5, 0.6) is 0 Å². The number of imide groups is 1. The Labute approximate surface area is 164 Å². The number of sulfonamides is 1. The SMILES string of the molecule is NS(=O)(=O)c1ccc(CC[NH2+][C@@H]2CC(=O)N(CCc3ccccc3)C2=O)cc1. The molecule has 2 amide bonds. The Morgan fingerprint density at radius 1 is 0.964 bits per heavy atom. The third-order valence-corrected chi connectivity index (χ3v) is 5.81. The lowest BCUT2D eigenvalue weighted by Gasteiger charge is -2.14. The van der Waals surface area contributed by atoms with Crippen molar-refractivity contribution >= 4 is 21.8 Å². The number of carbonyl (C=O) groups excluding carboxylic acids is 2. The van der Waals surface area contributed by atoms with Crippen LogP contribution in [0.2, 0.25) is 0 Å². The predicted molar refractivity (Wildman–Crippen MR) is 104 cm³/mol. The number of nitrogens with zero attached hydrogens (tertiary/aromatic N) is 1. The molecule has 2 aromatic carbocycles. The second-order valence-electron chi connectivity index (χ2n) is 6.89. The fourth-order valence-corrected chi connectivity index (χ4v) is 3.83. The molecule has 0 saturated carbocycles. The molecule has 1 saturated heterocycles. The Morgan fingerprint density at radius 3 is 2.25 bits per heavy atom. The minimum absolute atomic E-state index is 0.0749. The van der Waals surface area contributed by atoms with Crippen molar-refractivity contribution in [1.29, 1.82) is 0 Å². The first-order valence-electron chi connectivity index (χ1n) is 9.18. The Bertz CT molecular complexity index is 943. The number of benzene rings is 2. The summed E-state index contributed by atoms with van der Waals surface area (Å²) < 4.78 is 22.5. The molecular weight excluding hydrogens is 378 g/mol. The molecule has 0 aliphatic carbocycles. The van der Waals surface area contributed by atoms with Gasteiger partial charge in [-0.3, -0.25) is 14.5 Å². The number of amides is 2. The molecule has 0 radical (unpaired) electrons. The number of quaternary nitrogens is 1. The van der Waals surface area contributed by atoms with Crippen molar-refractivity contribution in [3.63, 3.8) is 0 Å². The molecule has 1 fully saturated rings. The van der Waals surface area contributed by atoms with Gasteiger partial charge in [0.15, 0.2) is 6.04 Å². The van der Waals surface area contributed by atoms with Crippen LogP contribution in [0, 0.1) is 0 Å². The number of carbonyl (C=O) groups is 2. The Hall–Kier alpha value is -2.55. The van der Waals surface area contributed by atoms with E-state index in [2.05, 4.69) is 0 Å². The van der Waals surface area contributed by atoms with E-state index in [1.54, 1.807) is 12.1 Å². The number of likely N-dealkylation sites (tertiary alicyclic amines) is 1. The van der Waals surface area contributed by atoms with Crippen LogP contribution in [0.4, 0.5) is 0 Å². The fraction of sp³-hybridized carbons (Fsp3) is 0.300. The summed E-state index contributed by atoms with van der Waals surface area (Å²) >= 11 is 0. The van der Waals surface area contributed by atoms with Gasteiger partial charge >= 0.3 is 0 Å². The molecule has 1 aliphatic heterocycles. The highest BCUT2D eigenvalue weighted by atomic mass is 32.2. The van der Waals surface area contributed by atoms with E-state index in [0.29, 0.717) is 25.9 Å². The second kappa shape index (κ2) is 8.64. The summed E-state index contributed by atoms with van der Waals surface area (Å²) in [6, 6.07) is 15.8. The zero-order chi connectivity index (χ0) is 20.1. The zero-order valence-corrected chi connectivity index (χ0v) is 16.3. The summed E-state index contributed by atoms with van der Waals surface area (Å²) in [5.41, 5.74) is 2.04. The molecule has 0 unspecified atom stereocenters. The van der Waals surface area contributed by atoms with Gasteiger partial charge in [-0.2, -0.15) is 0 Å². The first-order chi connectivity index (χ1) is 13.3. The zero-order valence-electron chi connectivity index (χ0n) is 15.5. The summed E-state index contributed by atoms with van der Waals surface area (Å²) in [7, 11) is -3.69. The van der Waals surface area contributed by atoms with Crippen LogP contribution in [0.25, 0.3) is 0 Å². The highest BCUT2D eigenvalue weighted by Crippen LogP contribution is 2.12. The molecule has 1 atom stereocenters. The van der Waals surface area contributed by atoms with Crippen molar-refractivity contribution in [2.24, 2.45) is 5.14 Å². The number of hydrogen-bond donors (Lipinski definition) is 2. The molecule has 0 spiro atoms. The van der Waals surface area contributed by atoms with Crippen LogP contribution in [-0.4, -0.2) is 44.3 Å². The van der Waals surface area contributed by atoms with Crippen LogP contribution in [-0.2, 0) is 32.5 Å². The van der Waals surface area contributed by atoms with Gasteiger partial charge in [-0.15, -0.1) is 0 Å². The summed E-state index contributed by atoms with van der Waals surface area (Å²) in [5.74, 6) is -0.259. The van der Waals surface area contributed by atoms with E-state index in [1.807, 2.05) is 35.6 Å². The van der Waals surface area contributed by atoms with Crippen molar-refractivity contribution < 1.29 is 23.3 Å². The summed E-state index contributed by atoms with van der Waals surface area (Å²) in [5, 5.41) is 6.97. The number of rotatable bonds is 8. The smallest absolute Gasteiger partial charge is 0.287 e. The van der Waals surface area contributed by atoms with Crippen molar-refractivity contribution in [2.45, 2.75) is 30.2 Å². The molecule has 1 heterocycles. The molecule has 3 rings (SSSR count). The minimum atomic E-state index is -3.69. The maximum atomic E-state index is 12.5. The summed E-state index contributed by atoms with van der Waals surface area (Å²) in [6.07, 6.45) is 1.53. The average molecular weight is 402 g/mol. The van der Waals surface area contributed by atoms with Crippen LogP contribution in [0.1, 0.15) is 17.5 Å². The van der Waals surface area contributed by atoms with E-state index < -0.39 is 10.0 Å². The van der Waals surface area contributed by atoms with E-state index in [-0.39, 0.29) is 29.2 Å². The number of primary sulfonamides is 1. The molecule has 7 nitrogen and oxygen atoms in total. The van der Waals surface area contributed by atoms with Crippen molar-refractivity contribution in [1.82, 2.24) is 4.90 Å². The third kappa shape index (κ3) is 5.03. The largest absolute Gasteiger partial charge is 0.335 e. The van der Waals surface area contributed by atoms with Gasteiger partial charge in [0.05, 0.1) is 17.9 Å². The van der Waals surface area contributed by atoms with Gasteiger partial charge in [0.1, 0.15) is 0 Å². The minimum Gasteiger partial charge on any atom is -0.335 e. The Morgan fingerprint density at radius 2 is 1.61 bits per heavy atom. The van der Waals surface area contributed by atoms with Crippen LogP contribution in [0.3, 0.4) is 0 Å². The van der Waals surface area contributed by atoms with Gasteiger partial charge in [0, 0.05) is 13.0 Å². The molecule has 148 valence electrons. The first kappa shape index (κ1) is 20.2. The molecule has 2 aromatic rings. The van der Waals surface area contributed by atoms with Crippen LogP contribution >= 0.6 is 0 Å². The Kier molecular flexibility index (Phi) is 6.23. The van der Waals surface area contributed by atoms with Gasteiger partial charge in [-0.05, 0) is 29.7 Å². The fourth-order valence-electron chi connectivity index (χ4n) is 3.31. The number of hydrogen-bond acceptors (Lipinski definition) is 4. The van der Waals surface area contributed by atoms with Gasteiger partial charge in [-0.25, -0.2) is 13.6 Å². The molecule has 28 heavy (non-hydrogen) atoms. The second-order valence-corrected chi connectivity index (χ2v) is 8.45. The van der Waals surface area contributed by atoms with E-state index in [1.165, 1.54) is 17.0 Å². The standard InChI is InChI=1S/C20H23N3O4S/c21-28(26,27)17-8-6-16(7-9-17)10-12-22-18-14-19(24)23(20(18)25)13-11-15-4-2-1-3-5-15/h1-9,18,22H,10-14H2,(H2,21,26,27)/p+1/t18-/m1/s1. The first-order valence-corrected chi connectivity index (χ1v) is 10.7. The maximum Gasteiger partial charge on any atom is 0.287 e. The lowest BCUT2D eigenvalue weighted by atomic mass is 10.1. The van der Waals surface area contributed by atoms with E-state index >= 15 is 0 Å². The molecule has 4 N–H and O–H groups in total. The monoisotopic (exact) mass is 402 g/mol. The van der Waals surface area contributed by atoms with Gasteiger partial charge in [0.2, 0.25) is 15.9 Å². The summed E-state index contributed by atoms with van der Waals surface area (Å²) in [6.45, 7) is 1.03. The van der Waals surface area contributed by atoms with E-state index in [0.717, 1.165) is 11.1 Å². The van der Waals surface area contributed by atoms with Crippen molar-refractivity contribution in [2.75, 3.05) is 13.1 Å². The molecule has 0 aromatic heterocycles. The van der Waals surface area contributed by atoms with Gasteiger partial charge < -0.3 is 5.32 Å². The molecule has 8 heteroatoms. The molecule has 0 bridgehead atoms. The van der Waals surface area contributed by atoms with Crippen LogP contribution in [0.15, 0.2) is 59.5 Å². The normalized spacial score (nSPS) is 17.3.